The van der Waals surface area contributed by atoms with Crippen LogP contribution in [0.5, 0.6) is 0 Å². The van der Waals surface area contributed by atoms with E-state index in [1.165, 1.54) is 12.1 Å². The quantitative estimate of drug-likeness (QED) is 0.751. The van der Waals surface area contributed by atoms with E-state index in [0.29, 0.717) is 5.56 Å². The van der Waals surface area contributed by atoms with Gasteiger partial charge in [0.15, 0.2) is 5.82 Å². The van der Waals surface area contributed by atoms with Crippen molar-refractivity contribution >= 4 is 34.1 Å². The highest BCUT2D eigenvalue weighted by molar-refractivity contribution is 6.31. The first-order chi connectivity index (χ1) is 10.5. The van der Waals surface area contributed by atoms with Crippen LogP contribution in [0.25, 0.3) is 10.9 Å². The molecule has 3 aromatic rings. The van der Waals surface area contributed by atoms with E-state index < -0.39 is 11.7 Å². The first-order valence-electron chi connectivity index (χ1n) is 6.67. The zero-order chi connectivity index (χ0) is 15.7. The van der Waals surface area contributed by atoms with Crippen LogP contribution < -0.4 is 5.32 Å². The minimum atomic E-state index is -0.643. The lowest BCUT2D eigenvalue weighted by Gasteiger charge is -2.08. The highest BCUT2D eigenvalue weighted by atomic mass is 35.5. The van der Waals surface area contributed by atoms with Crippen molar-refractivity contribution in [2.24, 2.45) is 0 Å². The molecule has 0 radical (unpaired) electrons. The molecule has 0 atom stereocenters. The van der Waals surface area contributed by atoms with E-state index in [0.717, 1.165) is 16.6 Å². The molecular formula is C17H12ClFN2O. The number of aryl methyl sites for hydroxylation is 1. The topological polar surface area (TPSA) is 42.0 Å². The van der Waals surface area contributed by atoms with E-state index in [1.54, 1.807) is 24.3 Å². The molecule has 22 heavy (non-hydrogen) atoms. The van der Waals surface area contributed by atoms with E-state index in [-0.39, 0.29) is 10.7 Å². The van der Waals surface area contributed by atoms with Crippen LogP contribution in [0.1, 0.15) is 16.1 Å². The van der Waals surface area contributed by atoms with Gasteiger partial charge in [0.25, 0.3) is 5.91 Å². The van der Waals surface area contributed by atoms with Crippen molar-refractivity contribution in [2.75, 3.05) is 5.32 Å². The molecule has 1 heterocycles. The fourth-order valence-electron chi connectivity index (χ4n) is 2.16. The molecule has 1 N–H and O–H groups in total. The third-order valence-electron chi connectivity index (χ3n) is 3.29. The standard InChI is InChI=1S/C17H12ClFN2O/c1-10-5-6-11-9-12(7-8-14(11)20-10)17(22)21-15-4-2-3-13(18)16(15)19/h2-9H,1H3,(H,21,22). The van der Waals surface area contributed by atoms with Crippen LogP contribution in [0.15, 0.2) is 48.5 Å². The highest BCUT2D eigenvalue weighted by Crippen LogP contribution is 2.23. The molecule has 0 aliphatic heterocycles. The van der Waals surface area contributed by atoms with Gasteiger partial charge in [0, 0.05) is 16.6 Å². The maximum Gasteiger partial charge on any atom is 0.255 e. The second-order valence-corrected chi connectivity index (χ2v) is 5.32. The number of nitrogens with one attached hydrogen (secondary N) is 1. The Morgan fingerprint density at radius 2 is 2.00 bits per heavy atom. The van der Waals surface area contributed by atoms with Crippen molar-refractivity contribution in [3.63, 3.8) is 0 Å². The van der Waals surface area contributed by atoms with E-state index in [9.17, 15) is 9.18 Å². The normalized spacial score (nSPS) is 10.7. The van der Waals surface area contributed by atoms with Crippen LogP contribution >= 0.6 is 11.6 Å². The largest absolute Gasteiger partial charge is 0.319 e. The molecule has 3 rings (SSSR count). The van der Waals surface area contributed by atoms with Gasteiger partial charge in [0.05, 0.1) is 16.2 Å². The van der Waals surface area contributed by atoms with Gasteiger partial charge in [0.1, 0.15) is 0 Å². The van der Waals surface area contributed by atoms with Crippen LogP contribution in [0, 0.1) is 12.7 Å². The smallest absolute Gasteiger partial charge is 0.255 e. The van der Waals surface area contributed by atoms with Crippen LogP contribution in [0.2, 0.25) is 5.02 Å². The fraction of sp³-hybridized carbons (Fsp3) is 0.0588. The number of hydrogen-bond donors (Lipinski definition) is 1. The molecule has 1 amide bonds. The molecule has 110 valence electrons. The number of carbonyl (C=O) groups excluding carboxylic acids is 1. The van der Waals surface area contributed by atoms with Gasteiger partial charge in [-0.05, 0) is 43.3 Å². The number of nitrogens with zero attached hydrogens (tertiary/aromatic N) is 1. The molecule has 0 fully saturated rings. The van der Waals surface area contributed by atoms with Gasteiger partial charge in [-0.15, -0.1) is 0 Å². The molecule has 3 nitrogen and oxygen atoms in total. The van der Waals surface area contributed by atoms with Gasteiger partial charge in [0.2, 0.25) is 0 Å². The Kier molecular flexibility index (Phi) is 3.77. The summed E-state index contributed by atoms with van der Waals surface area (Å²) in [5.74, 6) is -1.04. The third kappa shape index (κ3) is 2.78. The van der Waals surface area contributed by atoms with Crippen LogP contribution in [0.3, 0.4) is 0 Å². The number of pyridine rings is 1. The van der Waals surface area contributed by atoms with Gasteiger partial charge < -0.3 is 5.32 Å². The molecule has 0 bridgehead atoms. The lowest BCUT2D eigenvalue weighted by molar-refractivity contribution is 0.102. The lowest BCUT2D eigenvalue weighted by Crippen LogP contribution is -2.13. The monoisotopic (exact) mass is 314 g/mol. The minimum absolute atomic E-state index is 0.0315. The summed E-state index contributed by atoms with van der Waals surface area (Å²) in [7, 11) is 0. The molecule has 0 aliphatic carbocycles. The van der Waals surface area contributed by atoms with Crippen LogP contribution in [0.4, 0.5) is 10.1 Å². The average Bonchev–Trinajstić information content (AvgIpc) is 2.51. The number of rotatable bonds is 2. The van der Waals surface area contributed by atoms with Gasteiger partial charge in [-0.3, -0.25) is 9.78 Å². The fourth-order valence-corrected chi connectivity index (χ4v) is 2.34. The Hall–Kier alpha value is -2.46. The first-order valence-corrected chi connectivity index (χ1v) is 7.05. The van der Waals surface area contributed by atoms with E-state index in [4.69, 9.17) is 11.6 Å². The maximum absolute atomic E-state index is 13.8. The molecule has 2 aromatic carbocycles. The summed E-state index contributed by atoms with van der Waals surface area (Å²) < 4.78 is 13.8. The number of anilines is 1. The molecule has 0 unspecified atom stereocenters. The van der Waals surface area contributed by atoms with Crippen molar-refractivity contribution in [3.05, 3.63) is 70.6 Å². The Balaban J connectivity index is 1.92. The summed E-state index contributed by atoms with van der Waals surface area (Å²) in [6, 6.07) is 13.4. The lowest BCUT2D eigenvalue weighted by atomic mass is 10.1. The van der Waals surface area contributed by atoms with Crippen molar-refractivity contribution in [2.45, 2.75) is 6.92 Å². The Labute approximate surface area is 131 Å². The summed E-state index contributed by atoms with van der Waals surface area (Å²) >= 11 is 5.70. The number of carbonyl (C=O) groups is 1. The third-order valence-corrected chi connectivity index (χ3v) is 3.58. The van der Waals surface area contributed by atoms with Crippen molar-refractivity contribution in [1.82, 2.24) is 4.98 Å². The Morgan fingerprint density at radius 3 is 2.82 bits per heavy atom. The van der Waals surface area contributed by atoms with E-state index in [1.807, 2.05) is 19.1 Å². The van der Waals surface area contributed by atoms with E-state index >= 15 is 0 Å². The number of halogens is 2. The predicted octanol–water partition coefficient (Wildman–Crippen LogP) is 4.59. The molecule has 0 saturated heterocycles. The van der Waals surface area contributed by atoms with Crippen molar-refractivity contribution in [3.8, 4) is 0 Å². The summed E-state index contributed by atoms with van der Waals surface area (Å²) in [5, 5.41) is 3.34. The number of fused-ring (bicyclic) bond motifs is 1. The van der Waals surface area contributed by atoms with Crippen LogP contribution in [-0.2, 0) is 0 Å². The SMILES string of the molecule is Cc1ccc2cc(C(=O)Nc3cccc(Cl)c3F)ccc2n1. The minimum Gasteiger partial charge on any atom is -0.319 e. The second kappa shape index (κ2) is 5.73. The zero-order valence-corrected chi connectivity index (χ0v) is 12.5. The van der Waals surface area contributed by atoms with Crippen molar-refractivity contribution < 1.29 is 9.18 Å². The number of hydrogen-bond acceptors (Lipinski definition) is 2. The van der Waals surface area contributed by atoms with Crippen LogP contribution in [-0.4, -0.2) is 10.9 Å². The zero-order valence-electron chi connectivity index (χ0n) is 11.7. The number of benzene rings is 2. The summed E-state index contributed by atoms with van der Waals surface area (Å²) in [5.41, 5.74) is 2.20. The maximum atomic E-state index is 13.8. The van der Waals surface area contributed by atoms with Gasteiger partial charge in [-0.1, -0.05) is 23.7 Å². The van der Waals surface area contributed by atoms with Gasteiger partial charge in [-0.2, -0.15) is 0 Å². The molecule has 5 heteroatoms. The van der Waals surface area contributed by atoms with Crippen molar-refractivity contribution in [1.29, 1.82) is 0 Å². The number of amides is 1. The van der Waals surface area contributed by atoms with Gasteiger partial charge in [-0.25, -0.2) is 4.39 Å². The highest BCUT2D eigenvalue weighted by Gasteiger charge is 2.12. The van der Waals surface area contributed by atoms with Gasteiger partial charge >= 0.3 is 0 Å². The average molecular weight is 315 g/mol. The molecule has 0 saturated carbocycles. The Bertz CT molecular complexity index is 880. The summed E-state index contributed by atoms with van der Waals surface area (Å²) in [4.78, 5) is 16.6. The molecule has 1 aromatic heterocycles. The predicted molar refractivity (Wildman–Crippen MR) is 85.8 cm³/mol. The van der Waals surface area contributed by atoms with E-state index in [2.05, 4.69) is 10.3 Å². The number of aromatic nitrogens is 1. The molecule has 0 aliphatic rings. The summed E-state index contributed by atoms with van der Waals surface area (Å²) in [6.45, 7) is 1.90. The Morgan fingerprint density at radius 1 is 1.18 bits per heavy atom. The summed E-state index contributed by atoms with van der Waals surface area (Å²) in [6.07, 6.45) is 0. The molecular weight excluding hydrogens is 303 g/mol. The first kappa shape index (κ1) is 14.5. The second-order valence-electron chi connectivity index (χ2n) is 4.92. The molecule has 0 spiro atoms.